The maximum Gasteiger partial charge on any atom is 0.232 e. The Kier molecular flexibility index (Phi) is 6.31. The van der Waals surface area contributed by atoms with Gasteiger partial charge in [0.05, 0.1) is 11.3 Å². The van der Waals surface area contributed by atoms with E-state index < -0.39 is 10.0 Å². The van der Waals surface area contributed by atoms with Gasteiger partial charge in [0, 0.05) is 55.7 Å². The van der Waals surface area contributed by atoms with Crippen LogP contribution in [0.25, 0.3) is 16.6 Å². The van der Waals surface area contributed by atoms with Crippen molar-refractivity contribution < 1.29 is 12.8 Å². The first kappa shape index (κ1) is 21.8. The zero-order valence-corrected chi connectivity index (χ0v) is 18.8. The summed E-state index contributed by atoms with van der Waals surface area (Å²) in [6, 6.07) is 12.0. The number of fused-ring (bicyclic) bond motifs is 1. The number of aromatic nitrogens is 1. The van der Waals surface area contributed by atoms with E-state index in [1.54, 1.807) is 18.2 Å². The van der Waals surface area contributed by atoms with E-state index in [1.165, 1.54) is 12.1 Å². The van der Waals surface area contributed by atoms with Crippen molar-refractivity contribution in [1.29, 1.82) is 0 Å². The lowest BCUT2D eigenvalue weighted by atomic mass is 10.1. The third-order valence-corrected chi connectivity index (χ3v) is 7.22. The smallest absolute Gasteiger partial charge is 0.232 e. The Bertz CT molecular complexity index is 1150. The molecule has 8 heteroatoms. The first-order valence-corrected chi connectivity index (χ1v) is 12.3. The van der Waals surface area contributed by atoms with Gasteiger partial charge in [0.25, 0.3) is 0 Å². The van der Waals surface area contributed by atoms with E-state index in [2.05, 4.69) is 27.8 Å². The number of hydrogen-bond donors (Lipinski definition) is 1. The van der Waals surface area contributed by atoms with Gasteiger partial charge in [-0.3, -0.25) is 9.62 Å². The molecule has 1 aromatic heterocycles. The molecular weight excluding hydrogens is 415 g/mol. The number of piperazine rings is 1. The summed E-state index contributed by atoms with van der Waals surface area (Å²) in [6.07, 6.45) is 2.65. The average molecular weight is 445 g/mol. The minimum Gasteiger partial charge on any atom is -0.316 e. The number of rotatable bonds is 7. The molecule has 1 aliphatic heterocycles. The Labute approximate surface area is 183 Å². The fourth-order valence-electron chi connectivity index (χ4n) is 4.05. The molecule has 1 aliphatic rings. The predicted molar refractivity (Wildman–Crippen MR) is 124 cm³/mol. The number of likely N-dealkylation sites (N-methyl/N-ethyl adjacent to an activating group) is 1. The van der Waals surface area contributed by atoms with Crippen molar-refractivity contribution in [2.45, 2.75) is 19.9 Å². The van der Waals surface area contributed by atoms with E-state index >= 15 is 0 Å². The molecule has 0 spiro atoms. The number of benzene rings is 2. The number of nitrogens with one attached hydrogen (secondary N) is 1. The van der Waals surface area contributed by atoms with Crippen LogP contribution in [0, 0.1) is 5.82 Å². The van der Waals surface area contributed by atoms with Gasteiger partial charge in [-0.15, -0.1) is 0 Å². The average Bonchev–Trinajstić information content (AvgIpc) is 3.07. The summed E-state index contributed by atoms with van der Waals surface area (Å²) < 4.78 is 42.7. The largest absolute Gasteiger partial charge is 0.316 e. The van der Waals surface area contributed by atoms with Gasteiger partial charge in [0.2, 0.25) is 10.0 Å². The lowest BCUT2D eigenvalue weighted by molar-refractivity contribution is 0.148. The highest BCUT2D eigenvalue weighted by atomic mass is 32.2. The van der Waals surface area contributed by atoms with Crippen molar-refractivity contribution in [3.63, 3.8) is 0 Å². The van der Waals surface area contributed by atoms with Gasteiger partial charge in [0.1, 0.15) is 5.82 Å². The van der Waals surface area contributed by atoms with Crippen LogP contribution in [-0.2, 0) is 16.6 Å². The van der Waals surface area contributed by atoms with Crippen molar-refractivity contribution >= 4 is 26.6 Å². The lowest BCUT2D eigenvalue weighted by Gasteiger charge is -2.32. The quantitative estimate of drug-likeness (QED) is 0.604. The number of anilines is 1. The zero-order valence-electron chi connectivity index (χ0n) is 18.0. The normalized spacial score (nSPS) is 16.1. The molecule has 0 unspecified atom stereocenters. The van der Waals surface area contributed by atoms with Crippen molar-refractivity contribution in [3.05, 3.63) is 60.0 Å². The molecule has 31 heavy (non-hydrogen) atoms. The predicted octanol–water partition coefficient (Wildman–Crippen LogP) is 3.67. The van der Waals surface area contributed by atoms with Crippen LogP contribution in [0.3, 0.4) is 0 Å². The highest BCUT2D eigenvalue weighted by Crippen LogP contribution is 2.29. The molecule has 1 fully saturated rings. The number of hydrogen-bond acceptors (Lipinski definition) is 4. The fourth-order valence-corrected chi connectivity index (χ4v) is 5.17. The highest BCUT2D eigenvalue weighted by Gasteiger charge is 2.18. The van der Waals surface area contributed by atoms with Gasteiger partial charge in [-0.05, 0) is 61.5 Å². The van der Waals surface area contributed by atoms with Crippen LogP contribution in [0.5, 0.6) is 0 Å². The van der Waals surface area contributed by atoms with Crippen molar-refractivity contribution in [2.75, 3.05) is 43.7 Å². The summed E-state index contributed by atoms with van der Waals surface area (Å²) in [6.45, 7) is 6.66. The van der Waals surface area contributed by atoms with E-state index in [0.717, 1.165) is 54.9 Å². The summed E-state index contributed by atoms with van der Waals surface area (Å²) in [5.41, 5.74) is 3.53. The SMILES string of the molecule is CCCS(=O)(=O)Nc1ccc2c(c1)c(CN1CCN(C)CC1)cn2-c1ccc(F)cc1. The highest BCUT2D eigenvalue weighted by molar-refractivity contribution is 7.92. The van der Waals surface area contributed by atoms with E-state index in [1.807, 2.05) is 23.6 Å². The minimum atomic E-state index is -3.36. The Morgan fingerprint density at radius 1 is 1.03 bits per heavy atom. The van der Waals surface area contributed by atoms with Crippen molar-refractivity contribution in [1.82, 2.24) is 14.4 Å². The molecule has 6 nitrogen and oxygen atoms in total. The van der Waals surface area contributed by atoms with Gasteiger partial charge in [0.15, 0.2) is 0 Å². The van der Waals surface area contributed by atoms with Crippen LogP contribution in [0.2, 0.25) is 0 Å². The Balaban J connectivity index is 1.73. The maximum atomic E-state index is 13.5. The van der Waals surface area contributed by atoms with Gasteiger partial charge < -0.3 is 9.47 Å². The molecule has 2 aromatic carbocycles. The number of nitrogens with zero attached hydrogens (tertiary/aromatic N) is 3. The standard InChI is InChI=1S/C23H29FN4O2S/c1-3-14-31(29,30)25-20-6-9-23-22(15-20)18(16-27-12-10-26(2)11-13-27)17-28(23)21-7-4-19(24)5-8-21/h4-9,15,17,25H,3,10-14,16H2,1-2H3. The number of sulfonamides is 1. The first-order valence-electron chi connectivity index (χ1n) is 10.7. The molecule has 0 atom stereocenters. The summed E-state index contributed by atoms with van der Waals surface area (Å²) in [4.78, 5) is 4.73. The Morgan fingerprint density at radius 3 is 2.42 bits per heavy atom. The molecular formula is C23H29FN4O2S. The van der Waals surface area contributed by atoms with Gasteiger partial charge in [-0.2, -0.15) is 0 Å². The van der Waals surface area contributed by atoms with Crippen LogP contribution in [0.1, 0.15) is 18.9 Å². The second-order valence-electron chi connectivity index (χ2n) is 8.23. The van der Waals surface area contributed by atoms with Crippen molar-refractivity contribution in [2.24, 2.45) is 0 Å². The second kappa shape index (κ2) is 8.98. The molecule has 1 saturated heterocycles. The Morgan fingerprint density at radius 2 is 1.74 bits per heavy atom. The van der Waals surface area contributed by atoms with E-state index in [9.17, 15) is 12.8 Å². The van der Waals surface area contributed by atoms with E-state index in [-0.39, 0.29) is 11.6 Å². The fraction of sp³-hybridized carbons (Fsp3) is 0.391. The minimum absolute atomic E-state index is 0.0930. The van der Waals surface area contributed by atoms with Crippen LogP contribution in [0.15, 0.2) is 48.7 Å². The third kappa shape index (κ3) is 5.08. The second-order valence-corrected chi connectivity index (χ2v) is 10.1. The zero-order chi connectivity index (χ0) is 22.0. The molecule has 166 valence electrons. The molecule has 0 saturated carbocycles. The molecule has 0 aliphatic carbocycles. The van der Waals surface area contributed by atoms with Crippen LogP contribution < -0.4 is 4.72 Å². The molecule has 0 radical (unpaired) electrons. The summed E-state index contributed by atoms with van der Waals surface area (Å²) >= 11 is 0. The Hall–Kier alpha value is -2.42. The molecule has 2 heterocycles. The molecule has 1 N–H and O–H groups in total. The molecule has 3 aromatic rings. The first-order chi connectivity index (χ1) is 14.8. The summed E-state index contributed by atoms with van der Waals surface area (Å²) in [7, 11) is -1.23. The topological polar surface area (TPSA) is 57.6 Å². The third-order valence-electron chi connectivity index (χ3n) is 5.73. The van der Waals surface area contributed by atoms with Crippen LogP contribution in [-0.4, -0.2) is 61.8 Å². The summed E-state index contributed by atoms with van der Waals surface area (Å²) in [5, 5.41) is 1.000. The molecule has 4 rings (SSSR count). The maximum absolute atomic E-state index is 13.5. The van der Waals surface area contributed by atoms with Gasteiger partial charge in [-0.25, -0.2) is 12.8 Å². The summed E-state index contributed by atoms with van der Waals surface area (Å²) in [5.74, 6) is -0.180. The molecule has 0 amide bonds. The monoisotopic (exact) mass is 444 g/mol. The van der Waals surface area contributed by atoms with E-state index in [0.29, 0.717) is 12.1 Å². The molecule has 0 bridgehead atoms. The van der Waals surface area contributed by atoms with Crippen LogP contribution >= 0.6 is 0 Å². The lowest BCUT2D eigenvalue weighted by Crippen LogP contribution is -2.43. The van der Waals surface area contributed by atoms with Gasteiger partial charge >= 0.3 is 0 Å². The van der Waals surface area contributed by atoms with Crippen LogP contribution in [0.4, 0.5) is 10.1 Å². The number of halogens is 1. The van der Waals surface area contributed by atoms with Crippen molar-refractivity contribution in [3.8, 4) is 5.69 Å². The van der Waals surface area contributed by atoms with E-state index in [4.69, 9.17) is 0 Å². The van der Waals surface area contributed by atoms with Gasteiger partial charge in [-0.1, -0.05) is 6.92 Å².